The van der Waals surface area contributed by atoms with Gasteiger partial charge >= 0.3 is 0 Å². The van der Waals surface area contributed by atoms with E-state index in [0.29, 0.717) is 0 Å². The summed E-state index contributed by atoms with van der Waals surface area (Å²) < 4.78 is 0. The van der Waals surface area contributed by atoms with E-state index in [1.165, 1.54) is 18.4 Å². The molecule has 0 unspecified atom stereocenters. The lowest BCUT2D eigenvalue weighted by Crippen LogP contribution is -1.99. The Morgan fingerprint density at radius 3 is 1.89 bits per heavy atom. The molecule has 1 heteroatoms. The molecule has 0 spiro atoms. The third kappa shape index (κ3) is 4.34. The highest BCUT2D eigenvalue weighted by Crippen LogP contribution is 2.07. The van der Waals surface area contributed by atoms with Gasteiger partial charge < -0.3 is 0 Å². The van der Waals surface area contributed by atoms with Crippen LogP contribution in [0.4, 0.5) is 0 Å². The minimum Gasteiger partial charge on any atom is -0.0966 e. The lowest BCUT2D eigenvalue weighted by molar-refractivity contribution is 0.795. The fraction of sp³-hybridized carbons (Fsp3) is 0.222. The van der Waals surface area contributed by atoms with E-state index >= 15 is 0 Å². The highest BCUT2D eigenvalue weighted by molar-refractivity contribution is 6.32. The summed E-state index contributed by atoms with van der Waals surface area (Å²) >= 11 is 0. The second kappa shape index (κ2) is 6.85. The molecule has 0 aliphatic heterocycles. The average Bonchev–Trinajstić information content (AvgIpc) is 2.46. The van der Waals surface area contributed by atoms with Gasteiger partial charge in [0.2, 0.25) is 0 Å². The van der Waals surface area contributed by atoms with Crippen LogP contribution in [0.15, 0.2) is 48.5 Å². The van der Waals surface area contributed by atoms with Crippen molar-refractivity contribution in [3.05, 3.63) is 65.2 Å². The first kappa shape index (κ1) is 13.5. The van der Waals surface area contributed by atoms with Crippen LogP contribution >= 0.6 is 0 Å². The van der Waals surface area contributed by atoms with Crippen molar-refractivity contribution < 1.29 is 0 Å². The maximum Gasteiger partial charge on any atom is 0.113 e. The maximum absolute atomic E-state index is 5.64. The van der Waals surface area contributed by atoms with Crippen molar-refractivity contribution in [1.82, 2.24) is 0 Å². The molecule has 2 radical (unpaired) electrons. The zero-order valence-electron chi connectivity index (χ0n) is 11.3. The maximum atomic E-state index is 5.64. The van der Waals surface area contributed by atoms with Crippen molar-refractivity contribution in [3.63, 3.8) is 0 Å². The molecular weight excluding hydrogens is 227 g/mol. The van der Waals surface area contributed by atoms with Crippen LogP contribution in [0.25, 0.3) is 0 Å². The van der Waals surface area contributed by atoms with Gasteiger partial charge in [-0.1, -0.05) is 54.9 Å². The number of hydrogen-bond donors (Lipinski definition) is 0. The smallest absolute Gasteiger partial charge is 0.0966 e. The Labute approximate surface area is 117 Å². The quantitative estimate of drug-likeness (QED) is 0.574. The van der Waals surface area contributed by atoms with Gasteiger partial charge in [-0.2, -0.15) is 0 Å². The SMILES string of the molecule is [B]c1ccc(C#Cc2ccc(CCCC)cc2)cc1. The molecule has 0 nitrogen and oxygen atoms in total. The van der Waals surface area contributed by atoms with Crippen LogP contribution in [0.5, 0.6) is 0 Å². The number of hydrogen-bond acceptors (Lipinski definition) is 0. The van der Waals surface area contributed by atoms with Crippen LogP contribution in [-0.2, 0) is 6.42 Å². The molecule has 2 aromatic rings. The first-order valence-corrected chi connectivity index (χ1v) is 6.74. The molecule has 0 N–H and O–H groups in total. The number of unbranched alkanes of at least 4 members (excludes halogenated alkanes) is 1. The van der Waals surface area contributed by atoms with E-state index in [2.05, 4.69) is 43.0 Å². The molecule has 0 saturated heterocycles. The Morgan fingerprint density at radius 2 is 1.37 bits per heavy atom. The molecule has 2 rings (SSSR count). The van der Waals surface area contributed by atoms with E-state index in [1.54, 1.807) is 0 Å². The monoisotopic (exact) mass is 244 g/mol. The van der Waals surface area contributed by atoms with E-state index < -0.39 is 0 Å². The molecule has 0 bridgehead atoms. The second-order valence-corrected chi connectivity index (χ2v) is 4.67. The third-order valence-electron chi connectivity index (χ3n) is 3.03. The topological polar surface area (TPSA) is 0 Å². The van der Waals surface area contributed by atoms with Gasteiger partial charge in [-0.05, 0) is 42.7 Å². The standard InChI is InChI=1S/C18H17B/c1-2-3-4-15-5-7-16(8-6-15)9-10-17-11-13-18(19)14-12-17/h5-8,11-14H,2-4H2,1H3. The predicted molar refractivity (Wildman–Crippen MR) is 82.9 cm³/mol. The van der Waals surface area contributed by atoms with E-state index in [0.717, 1.165) is 23.0 Å². The van der Waals surface area contributed by atoms with E-state index in [1.807, 2.05) is 24.3 Å². The van der Waals surface area contributed by atoms with Crippen LogP contribution < -0.4 is 5.46 Å². The van der Waals surface area contributed by atoms with Crippen LogP contribution in [0.1, 0.15) is 36.5 Å². The summed E-state index contributed by atoms with van der Waals surface area (Å²) in [5, 5.41) is 0. The molecule has 0 aliphatic carbocycles. The Hall–Kier alpha value is -1.94. The second-order valence-electron chi connectivity index (χ2n) is 4.67. The molecule has 0 atom stereocenters. The molecule has 0 aliphatic rings. The number of rotatable bonds is 3. The molecular formula is C18H17B. The number of benzene rings is 2. The van der Waals surface area contributed by atoms with Crippen molar-refractivity contribution in [3.8, 4) is 11.8 Å². The summed E-state index contributed by atoms with van der Waals surface area (Å²) in [6.45, 7) is 2.21. The zero-order chi connectivity index (χ0) is 13.5. The fourth-order valence-corrected chi connectivity index (χ4v) is 1.85. The Kier molecular flexibility index (Phi) is 4.87. The Morgan fingerprint density at radius 1 is 0.842 bits per heavy atom. The predicted octanol–water partition coefficient (Wildman–Crippen LogP) is 3.22. The van der Waals surface area contributed by atoms with Gasteiger partial charge in [0.15, 0.2) is 0 Å². The van der Waals surface area contributed by atoms with Crippen LogP contribution in [0.3, 0.4) is 0 Å². The third-order valence-corrected chi connectivity index (χ3v) is 3.03. The van der Waals surface area contributed by atoms with Crippen molar-refractivity contribution in [2.45, 2.75) is 26.2 Å². The van der Waals surface area contributed by atoms with Gasteiger partial charge in [0.05, 0.1) is 0 Å². The van der Waals surface area contributed by atoms with Crippen LogP contribution in [0, 0.1) is 11.8 Å². The normalized spacial score (nSPS) is 9.74. The first-order chi connectivity index (χ1) is 9.28. The first-order valence-electron chi connectivity index (χ1n) is 6.74. The fourth-order valence-electron chi connectivity index (χ4n) is 1.85. The molecule has 0 heterocycles. The zero-order valence-corrected chi connectivity index (χ0v) is 11.3. The van der Waals surface area contributed by atoms with E-state index in [4.69, 9.17) is 7.85 Å². The summed E-state index contributed by atoms with van der Waals surface area (Å²) in [5.41, 5.74) is 4.20. The lowest BCUT2D eigenvalue weighted by atomic mass is 9.95. The molecule has 92 valence electrons. The Balaban J connectivity index is 2.05. The van der Waals surface area contributed by atoms with Crippen LogP contribution in [-0.4, -0.2) is 7.85 Å². The average molecular weight is 244 g/mol. The highest BCUT2D eigenvalue weighted by Gasteiger charge is 1.92. The molecule has 19 heavy (non-hydrogen) atoms. The molecule has 0 amide bonds. The van der Waals surface area contributed by atoms with Gasteiger partial charge in [-0.3, -0.25) is 0 Å². The van der Waals surface area contributed by atoms with E-state index in [9.17, 15) is 0 Å². The van der Waals surface area contributed by atoms with Gasteiger partial charge in [0.25, 0.3) is 0 Å². The summed E-state index contributed by atoms with van der Waals surface area (Å²) in [7, 11) is 5.64. The van der Waals surface area contributed by atoms with Crippen molar-refractivity contribution in [2.75, 3.05) is 0 Å². The lowest BCUT2D eigenvalue weighted by Gasteiger charge is -1.99. The molecule has 0 saturated carbocycles. The largest absolute Gasteiger partial charge is 0.113 e. The summed E-state index contributed by atoms with van der Waals surface area (Å²) in [5.74, 6) is 6.32. The summed E-state index contributed by atoms with van der Waals surface area (Å²) in [4.78, 5) is 0. The highest BCUT2D eigenvalue weighted by atomic mass is 14.0. The molecule has 0 aromatic heterocycles. The van der Waals surface area contributed by atoms with Gasteiger partial charge in [-0.25, -0.2) is 0 Å². The van der Waals surface area contributed by atoms with Gasteiger partial charge in [-0.15, -0.1) is 0 Å². The van der Waals surface area contributed by atoms with Crippen molar-refractivity contribution in [2.24, 2.45) is 0 Å². The minimum atomic E-state index is 0.769. The van der Waals surface area contributed by atoms with Gasteiger partial charge in [0.1, 0.15) is 7.85 Å². The van der Waals surface area contributed by atoms with Crippen molar-refractivity contribution >= 4 is 13.3 Å². The summed E-state index contributed by atoms with van der Waals surface area (Å²) in [6.07, 6.45) is 3.64. The number of aryl methyl sites for hydroxylation is 1. The Bertz CT molecular complexity index is 568. The van der Waals surface area contributed by atoms with Crippen LogP contribution in [0.2, 0.25) is 0 Å². The van der Waals surface area contributed by atoms with Crippen molar-refractivity contribution in [1.29, 1.82) is 0 Å². The molecule has 2 aromatic carbocycles. The van der Waals surface area contributed by atoms with E-state index in [-0.39, 0.29) is 0 Å². The van der Waals surface area contributed by atoms with Gasteiger partial charge in [0, 0.05) is 11.1 Å². The summed E-state index contributed by atoms with van der Waals surface area (Å²) in [6, 6.07) is 16.2. The minimum absolute atomic E-state index is 0.769. The molecule has 0 fully saturated rings.